The highest BCUT2D eigenvalue weighted by Crippen LogP contribution is 2.31. The minimum atomic E-state index is -0.608. The molecule has 7 heteroatoms. The van der Waals surface area contributed by atoms with E-state index in [0.717, 1.165) is 12.0 Å². The lowest BCUT2D eigenvalue weighted by atomic mass is 10.1. The molecular weight excluding hydrogens is 376 g/mol. The Labute approximate surface area is 167 Å². The number of rotatable bonds is 5. The van der Waals surface area contributed by atoms with Crippen molar-refractivity contribution in [1.82, 2.24) is 0 Å². The van der Waals surface area contributed by atoms with Crippen molar-refractivity contribution < 1.29 is 33.3 Å². The number of hydrogen-bond acceptors (Lipinski definition) is 7. The predicted octanol–water partition coefficient (Wildman–Crippen LogP) is 3.06. The SMILES string of the molecule is O=C(/C=C/c1ccc2c(c1)OCCCO2)OCC(=O)c1ccc2c(c1)OCCO2. The van der Waals surface area contributed by atoms with Gasteiger partial charge < -0.3 is 23.7 Å². The minimum absolute atomic E-state index is 0.320. The number of esters is 1. The molecule has 0 aliphatic carbocycles. The first-order valence-electron chi connectivity index (χ1n) is 9.36. The Kier molecular flexibility index (Phi) is 5.65. The normalized spacial score (nSPS) is 14.9. The molecule has 29 heavy (non-hydrogen) atoms. The van der Waals surface area contributed by atoms with Gasteiger partial charge in [-0.05, 0) is 42.0 Å². The van der Waals surface area contributed by atoms with E-state index in [1.807, 2.05) is 6.07 Å². The van der Waals surface area contributed by atoms with Crippen molar-refractivity contribution >= 4 is 17.8 Å². The molecule has 0 spiro atoms. The summed E-state index contributed by atoms with van der Waals surface area (Å²) < 4.78 is 27.1. The first kappa shape index (κ1) is 18.9. The number of carbonyl (C=O) groups excluding carboxylic acids is 2. The molecule has 0 fully saturated rings. The molecule has 0 bridgehead atoms. The third-order valence-electron chi connectivity index (χ3n) is 4.39. The van der Waals surface area contributed by atoms with E-state index in [0.29, 0.717) is 55.0 Å². The molecule has 7 nitrogen and oxygen atoms in total. The molecule has 4 rings (SSSR count). The second-order valence-electron chi connectivity index (χ2n) is 6.48. The molecule has 2 heterocycles. The van der Waals surface area contributed by atoms with Crippen LogP contribution in [-0.4, -0.2) is 44.8 Å². The smallest absolute Gasteiger partial charge is 0.331 e. The number of Topliss-reactive ketones (excluding diaryl/α,β-unsaturated/α-hetero) is 1. The molecule has 0 radical (unpaired) electrons. The molecule has 0 saturated heterocycles. The van der Waals surface area contributed by atoms with Crippen molar-refractivity contribution in [2.24, 2.45) is 0 Å². The molecule has 2 aromatic carbocycles. The van der Waals surface area contributed by atoms with E-state index in [1.165, 1.54) is 6.08 Å². The van der Waals surface area contributed by atoms with Crippen LogP contribution in [0.3, 0.4) is 0 Å². The fourth-order valence-corrected chi connectivity index (χ4v) is 2.93. The third kappa shape index (κ3) is 4.68. The summed E-state index contributed by atoms with van der Waals surface area (Å²) in [4.78, 5) is 24.2. The molecule has 0 aromatic heterocycles. The highest BCUT2D eigenvalue weighted by atomic mass is 16.6. The molecule has 2 aliphatic heterocycles. The topological polar surface area (TPSA) is 80.3 Å². The number of carbonyl (C=O) groups is 2. The van der Waals surface area contributed by atoms with Gasteiger partial charge in [0.15, 0.2) is 35.4 Å². The standard InChI is InChI=1S/C22H20O7/c23-17(16-4-6-19-21(13-16)28-11-10-27-19)14-29-22(24)7-3-15-2-5-18-20(12-15)26-9-1-8-25-18/h2-7,12-13H,1,8-11,14H2/b7-3+. The van der Waals surface area contributed by atoms with Crippen LogP contribution in [0.15, 0.2) is 42.5 Å². The van der Waals surface area contributed by atoms with Gasteiger partial charge in [0.05, 0.1) is 13.2 Å². The Morgan fingerprint density at radius 3 is 2.31 bits per heavy atom. The monoisotopic (exact) mass is 396 g/mol. The van der Waals surface area contributed by atoms with E-state index in [1.54, 1.807) is 36.4 Å². The third-order valence-corrected chi connectivity index (χ3v) is 4.39. The van der Waals surface area contributed by atoms with E-state index in [4.69, 9.17) is 23.7 Å². The molecule has 0 saturated carbocycles. The number of benzene rings is 2. The molecule has 0 unspecified atom stereocenters. The van der Waals surface area contributed by atoms with Crippen LogP contribution < -0.4 is 18.9 Å². The summed E-state index contributed by atoms with van der Waals surface area (Å²) >= 11 is 0. The van der Waals surface area contributed by atoms with E-state index in [2.05, 4.69) is 0 Å². The Morgan fingerprint density at radius 2 is 1.48 bits per heavy atom. The lowest BCUT2D eigenvalue weighted by molar-refractivity contribution is -0.136. The fourth-order valence-electron chi connectivity index (χ4n) is 2.93. The van der Waals surface area contributed by atoms with Gasteiger partial charge in [0.2, 0.25) is 0 Å². The van der Waals surface area contributed by atoms with Crippen molar-refractivity contribution in [3.05, 3.63) is 53.6 Å². The van der Waals surface area contributed by atoms with E-state index in [9.17, 15) is 9.59 Å². The van der Waals surface area contributed by atoms with Gasteiger partial charge in [-0.3, -0.25) is 4.79 Å². The average molecular weight is 396 g/mol. The van der Waals surface area contributed by atoms with Crippen molar-refractivity contribution in [1.29, 1.82) is 0 Å². The van der Waals surface area contributed by atoms with Crippen LogP contribution in [0.4, 0.5) is 0 Å². The maximum absolute atomic E-state index is 12.3. The Balaban J connectivity index is 1.33. The van der Waals surface area contributed by atoms with Crippen LogP contribution in [0.5, 0.6) is 23.0 Å². The van der Waals surface area contributed by atoms with Gasteiger partial charge in [0.1, 0.15) is 13.2 Å². The van der Waals surface area contributed by atoms with Crippen LogP contribution >= 0.6 is 0 Å². The van der Waals surface area contributed by atoms with Crippen LogP contribution in [0.25, 0.3) is 6.08 Å². The Morgan fingerprint density at radius 1 is 0.828 bits per heavy atom. The number of fused-ring (bicyclic) bond motifs is 2. The maximum atomic E-state index is 12.3. The maximum Gasteiger partial charge on any atom is 0.331 e. The van der Waals surface area contributed by atoms with Crippen LogP contribution in [0.1, 0.15) is 22.3 Å². The van der Waals surface area contributed by atoms with Crippen LogP contribution in [0.2, 0.25) is 0 Å². The quantitative estimate of drug-likeness (QED) is 0.437. The van der Waals surface area contributed by atoms with E-state index < -0.39 is 5.97 Å². The zero-order chi connectivity index (χ0) is 20.1. The lowest BCUT2D eigenvalue weighted by Crippen LogP contribution is -2.17. The second kappa shape index (κ2) is 8.68. The second-order valence-corrected chi connectivity index (χ2v) is 6.48. The molecule has 0 atom stereocenters. The average Bonchev–Trinajstić information content (AvgIpc) is 3.00. The Hall–Kier alpha value is -3.48. The molecule has 0 N–H and O–H groups in total. The van der Waals surface area contributed by atoms with Crippen LogP contribution in [0, 0.1) is 0 Å². The zero-order valence-corrected chi connectivity index (χ0v) is 15.7. The van der Waals surface area contributed by atoms with Crippen molar-refractivity contribution in [3.63, 3.8) is 0 Å². The first-order chi connectivity index (χ1) is 14.2. The summed E-state index contributed by atoms with van der Waals surface area (Å²) in [6.45, 7) is 1.76. The number of hydrogen-bond donors (Lipinski definition) is 0. The van der Waals surface area contributed by atoms with Gasteiger partial charge in [-0.1, -0.05) is 6.07 Å². The lowest BCUT2D eigenvalue weighted by Gasteiger charge is -2.18. The van der Waals surface area contributed by atoms with Crippen molar-refractivity contribution in [2.45, 2.75) is 6.42 Å². The summed E-state index contributed by atoms with van der Waals surface area (Å²) in [6.07, 6.45) is 3.70. The summed E-state index contributed by atoms with van der Waals surface area (Å²) in [5.41, 5.74) is 1.17. The summed E-state index contributed by atoms with van der Waals surface area (Å²) in [5.74, 6) is 1.52. The number of ether oxygens (including phenoxy) is 5. The number of ketones is 1. The van der Waals surface area contributed by atoms with Crippen molar-refractivity contribution in [3.8, 4) is 23.0 Å². The predicted molar refractivity (Wildman–Crippen MR) is 104 cm³/mol. The van der Waals surface area contributed by atoms with Gasteiger partial charge in [0, 0.05) is 18.1 Å². The van der Waals surface area contributed by atoms with Gasteiger partial charge in [0.25, 0.3) is 0 Å². The van der Waals surface area contributed by atoms with Gasteiger partial charge >= 0.3 is 5.97 Å². The van der Waals surface area contributed by atoms with Gasteiger partial charge in [-0.25, -0.2) is 4.79 Å². The van der Waals surface area contributed by atoms with Crippen LogP contribution in [-0.2, 0) is 9.53 Å². The highest BCUT2D eigenvalue weighted by Gasteiger charge is 2.16. The zero-order valence-electron chi connectivity index (χ0n) is 15.7. The fraction of sp³-hybridized carbons (Fsp3) is 0.273. The highest BCUT2D eigenvalue weighted by molar-refractivity contribution is 5.99. The summed E-state index contributed by atoms with van der Waals surface area (Å²) in [5, 5.41) is 0. The molecule has 0 amide bonds. The molecule has 2 aromatic rings. The molecule has 2 aliphatic rings. The van der Waals surface area contributed by atoms with Gasteiger partial charge in [-0.2, -0.15) is 0 Å². The summed E-state index contributed by atoms with van der Waals surface area (Å²) in [6, 6.07) is 10.3. The molecule has 150 valence electrons. The van der Waals surface area contributed by atoms with Gasteiger partial charge in [-0.15, -0.1) is 0 Å². The summed E-state index contributed by atoms with van der Waals surface area (Å²) in [7, 11) is 0. The molecular formula is C22H20O7. The first-order valence-corrected chi connectivity index (χ1v) is 9.36. The minimum Gasteiger partial charge on any atom is -0.490 e. The largest absolute Gasteiger partial charge is 0.490 e. The van der Waals surface area contributed by atoms with E-state index >= 15 is 0 Å². The van der Waals surface area contributed by atoms with E-state index in [-0.39, 0.29) is 12.4 Å². The Bertz CT molecular complexity index is 948. The van der Waals surface area contributed by atoms with Crippen molar-refractivity contribution in [2.75, 3.05) is 33.0 Å².